The molecule has 0 fully saturated rings. The SMILES string of the molecule is COc1ccc(/C=C2\CCc3c2nc2ccccc2c3C(=O)OCC(=O)c2ccc(Cl)s2)cc1OC. The molecule has 8 heteroatoms. The number of hydrogen-bond acceptors (Lipinski definition) is 7. The van der Waals surface area contributed by atoms with Crippen molar-refractivity contribution in [1.82, 2.24) is 4.98 Å². The molecule has 0 radical (unpaired) electrons. The van der Waals surface area contributed by atoms with Gasteiger partial charge in [-0.05, 0) is 65.9 Å². The van der Waals surface area contributed by atoms with Gasteiger partial charge in [-0.2, -0.15) is 0 Å². The van der Waals surface area contributed by atoms with E-state index in [9.17, 15) is 9.59 Å². The number of carbonyl (C=O) groups is 2. The fourth-order valence-electron chi connectivity index (χ4n) is 4.39. The van der Waals surface area contributed by atoms with E-state index in [4.69, 9.17) is 30.8 Å². The number of hydrogen-bond donors (Lipinski definition) is 0. The number of ketones is 1. The summed E-state index contributed by atoms with van der Waals surface area (Å²) in [6, 6.07) is 16.5. The molecule has 1 aliphatic rings. The number of Topliss-reactive ketones (excluding diaryl/α,β-unsaturated/α-hetero) is 1. The van der Waals surface area contributed by atoms with E-state index in [-0.39, 0.29) is 12.4 Å². The zero-order chi connectivity index (χ0) is 25.2. The van der Waals surface area contributed by atoms with Crippen LogP contribution in [0.4, 0.5) is 0 Å². The van der Waals surface area contributed by atoms with Gasteiger partial charge in [0, 0.05) is 5.39 Å². The predicted molar refractivity (Wildman–Crippen MR) is 141 cm³/mol. The smallest absolute Gasteiger partial charge is 0.339 e. The van der Waals surface area contributed by atoms with Crippen molar-refractivity contribution >= 4 is 57.2 Å². The lowest BCUT2D eigenvalue weighted by atomic mass is 10.0. The van der Waals surface area contributed by atoms with E-state index in [1.807, 2.05) is 42.5 Å². The summed E-state index contributed by atoms with van der Waals surface area (Å²) >= 11 is 7.09. The van der Waals surface area contributed by atoms with E-state index in [2.05, 4.69) is 6.08 Å². The van der Waals surface area contributed by atoms with Crippen LogP contribution >= 0.6 is 22.9 Å². The molecule has 0 atom stereocenters. The van der Waals surface area contributed by atoms with Crippen LogP contribution < -0.4 is 9.47 Å². The van der Waals surface area contributed by atoms with Crippen molar-refractivity contribution in [2.45, 2.75) is 12.8 Å². The fraction of sp³-hybridized carbons (Fsp3) is 0.179. The van der Waals surface area contributed by atoms with Crippen molar-refractivity contribution in [3.63, 3.8) is 0 Å². The van der Waals surface area contributed by atoms with E-state index in [1.165, 1.54) is 0 Å². The van der Waals surface area contributed by atoms with Crippen molar-refractivity contribution < 1.29 is 23.8 Å². The largest absolute Gasteiger partial charge is 0.493 e. The minimum absolute atomic E-state index is 0.288. The molecule has 0 bridgehead atoms. The van der Waals surface area contributed by atoms with Gasteiger partial charge in [-0.25, -0.2) is 9.78 Å². The van der Waals surface area contributed by atoms with Crippen molar-refractivity contribution in [2.75, 3.05) is 20.8 Å². The second-order valence-electron chi connectivity index (χ2n) is 8.22. The number of carbonyl (C=O) groups excluding carboxylic acids is 2. The number of para-hydroxylation sites is 1. The highest BCUT2D eigenvalue weighted by Gasteiger charge is 2.28. The molecule has 182 valence electrons. The Kier molecular flexibility index (Phi) is 6.76. The van der Waals surface area contributed by atoms with E-state index in [0.717, 1.165) is 40.2 Å². The van der Waals surface area contributed by atoms with Gasteiger partial charge < -0.3 is 14.2 Å². The van der Waals surface area contributed by atoms with Crippen LogP contribution in [0.2, 0.25) is 4.34 Å². The number of benzene rings is 2. The van der Waals surface area contributed by atoms with E-state index >= 15 is 0 Å². The number of thiophene rings is 1. The van der Waals surface area contributed by atoms with Gasteiger partial charge in [0.05, 0.1) is 40.2 Å². The maximum absolute atomic E-state index is 13.3. The van der Waals surface area contributed by atoms with Crippen LogP contribution in [0.3, 0.4) is 0 Å². The molecule has 6 nitrogen and oxygen atoms in total. The number of rotatable bonds is 7. The Morgan fingerprint density at radius 3 is 2.58 bits per heavy atom. The number of methoxy groups -OCH3 is 2. The molecular weight excluding hydrogens is 498 g/mol. The second kappa shape index (κ2) is 10.1. The average Bonchev–Trinajstić information content (AvgIpc) is 3.51. The van der Waals surface area contributed by atoms with Crippen molar-refractivity contribution in [2.24, 2.45) is 0 Å². The first kappa shape index (κ1) is 24.0. The summed E-state index contributed by atoms with van der Waals surface area (Å²) in [7, 11) is 3.20. The number of nitrogens with zero attached hydrogens (tertiary/aromatic N) is 1. The van der Waals surface area contributed by atoms with Crippen molar-refractivity contribution in [3.05, 3.63) is 86.2 Å². The Morgan fingerprint density at radius 1 is 1.03 bits per heavy atom. The summed E-state index contributed by atoms with van der Waals surface area (Å²) in [4.78, 5) is 31.1. The topological polar surface area (TPSA) is 74.7 Å². The molecule has 0 saturated heterocycles. The van der Waals surface area contributed by atoms with Gasteiger partial charge in [0.2, 0.25) is 5.78 Å². The molecule has 5 rings (SSSR count). The van der Waals surface area contributed by atoms with Gasteiger partial charge in [0.25, 0.3) is 0 Å². The zero-order valence-corrected chi connectivity index (χ0v) is 21.2. The van der Waals surface area contributed by atoms with E-state index in [0.29, 0.717) is 43.6 Å². The highest BCUT2D eigenvalue weighted by atomic mass is 35.5. The highest BCUT2D eigenvalue weighted by molar-refractivity contribution is 7.18. The van der Waals surface area contributed by atoms with Crippen LogP contribution in [0.5, 0.6) is 11.5 Å². The minimum atomic E-state index is -0.534. The monoisotopic (exact) mass is 519 g/mol. The number of pyridine rings is 1. The Hall–Kier alpha value is -3.68. The Labute approximate surface area is 217 Å². The lowest BCUT2D eigenvalue weighted by Gasteiger charge is -2.12. The summed E-state index contributed by atoms with van der Waals surface area (Å²) in [6.45, 7) is -0.352. The summed E-state index contributed by atoms with van der Waals surface area (Å²) in [5, 5.41) is 0.709. The molecule has 0 saturated carbocycles. The quantitative estimate of drug-likeness (QED) is 0.205. The number of ether oxygens (including phenoxy) is 3. The van der Waals surface area contributed by atoms with E-state index < -0.39 is 5.97 Å². The minimum Gasteiger partial charge on any atom is -0.493 e. The molecule has 0 N–H and O–H groups in total. The summed E-state index contributed by atoms with van der Waals surface area (Å²) in [6.07, 6.45) is 3.42. The first-order valence-corrected chi connectivity index (χ1v) is 12.5. The molecule has 2 heterocycles. The molecule has 2 aromatic heterocycles. The second-order valence-corrected chi connectivity index (χ2v) is 9.93. The number of aromatic nitrogens is 1. The van der Waals surface area contributed by atoms with Crippen LogP contribution in [0.25, 0.3) is 22.6 Å². The molecule has 0 spiro atoms. The summed E-state index contributed by atoms with van der Waals surface area (Å²) < 4.78 is 16.8. The number of esters is 1. The average molecular weight is 520 g/mol. The van der Waals surface area contributed by atoms with Crippen molar-refractivity contribution in [3.8, 4) is 11.5 Å². The Balaban J connectivity index is 1.50. The molecule has 0 aliphatic heterocycles. The molecule has 0 unspecified atom stereocenters. The van der Waals surface area contributed by atoms with Crippen LogP contribution in [0.15, 0.2) is 54.6 Å². The molecule has 36 heavy (non-hydrogen) atoms. The third-order valence-electron chi connectivity index (χ3n) is 6.08. The first-order valence-electron chi connectivity index (χ1n) is 11.3. The van der Waals surface area contributed by atoms with Gasteiger partial charge in [0.1, 0.15) is 0 Å². The fourth-order valence-corrected chi connectivity index (χ4v) is 5.36. The Morgan fingerprint density at radius 2 is 1.83 bits per heavy atom. The van der Waals surface area contributed by atoms with E-state index in [1.54, 1.807) is 26.4 Å². The van der Waals surface area contributed by atoms with Crippen LogP contribution in [0, 0.1) is 0 Å². The normalized spacial score (nSPS) is 13.6. The van der Waals surface area contributed by atoms with Gasteiger partial charge in [0.15, 0.2) is 18.1 Å². The maximum Gasteiger partial charge on any atom is 0.339 e. The van der Waals surface area contributed by atoms with Gasteiger partial charge in [-0.3, -0.25) is 4.79 Å². The molecule has 4 aromatic rings. The molecular formula is C28H22ClNO5S. The molecule has 1 aliphatic carbocycles. The first-order chi connectivity index (χ1) is 17.5. The highest BCUT2D eigenvalue weighted by Crippen LogP contribution is 2.38. The third-order valence-corrected chi connectivity index (χ3v) is 7.35. The number of allylic oxidation sites excluding steroid dienone is 1. The maximum atomic E-state index is 13.3. The summed E-state index contributed by atoms with van der Waals surface area (Å²) in [5.74, 6) is 0.468. The van der Waals surface area contributed by atoms with Gasteiger partial charge >= 0.3 is 5.97 Å². The molecule has 2 aromatic carbocycles. The van der Waals surface area contributed by atoms with Crippen molar-refractivity contribution in [1.29, 1.82) is 0 Å². The Bertz CT molecular complexity index is 1520. The zero-order valence-electron chi connectivity index (χ0n) is 19.7. The number of fused-ring (bicyclic) bond motifs is 2. The van der Waals surface area contributed by atoms with Crippen LogP contribution in [-0.2, 0) is 11.2 Å². The van der Waals surface area contributed by atoms with Gasteiger partial charge in [-0.1, -0.05) is 35.9 Å². The molecule has 0 amide bonds. The summed E-state index contributed by atoms with van der Waals surface area (Å²) in [5.41, 5.74) is 4.71. The third kappa shape index (κ3) is 4.59. The lowest BCUT2D eigenvalue weighted by molar-refractivity contribution is 0.0476. The predicted octanol–water partition coefficient (Wildman–Crippen LogP) is 6.49. The number of halogens is 1. The van der Waals surface area contributed by atoms with Crippen LogP contribution in [0.1, 0.15) is 43.3 Å². The van der Waals surface area contributed by atoms with Gasteiger partial charge in [-0.15, -0.1) is 11.3 Å². The lowest BCUT2D eigenvalue weighted by Crippen LogP contribution is -2.15. The standard InChI is InChI=1S/C28H22ClNO5S/c1-33-22-10-7-16(14-23(22)34-2)13-17-8-9-19-26(18-5-3-4-6-20(18)30-27(17)19)28(32)35-15-21(31)24-11-12-25(29)36-24/h3-7,10-14H,8-9,15H2,1-2H3/b17-13+. The van der Waals surface area contributed by atoms with Crippen LogP contribution in [-0.4, -0.2) is 37.6 Å².